The minimum atomic E-state index is 0.196. The summed E-state index contributed by atoms with van der Waals surface area (Å²) in [6.07, 6.45) is 11.9. The second-order valence-corrected chi connectivity index (χ2v) is 6.65. The van der Waals surface area contributed by atoms with Crippen molar-refractivity contribution in [2.75, 3.05) is 18.4 Å². The molecule has 0 aliphatic carbocycles. The number of benzene rings is 1. The number of fused-ring (bicyclic) bond motifs is 1. The number of anilines is 2. The van der Waals surface area contributed by atoms with Gasteiger partial charge in [-0.1, -0.05) is 6.07 Å². The summed E-state index contributed by atoms with van der Waals surface area (Å²) in [5, 5.41) is 20.2. The van der Waals surface area contributed by atoms with E-state index in [1.807, 2.05) is 29.9 Å². The Labute approximate surface area is 162 Å². The first-order chi connectivity index (χ1) is 13.7. The van der Waals surface area contributed by atoms with E-state index in [2.05, 4.69) is 25.7 Å². The molecule has 8 heteroatoms. The Morgan fingerprint density at radius 2 is 2.00 bits per heavy atom. The second kappa shape index (κ2) is 8.10. The van der Waals surface area contributed by atoms with Crippen LogP contribution in [0.4, 0.5) is 11.5 Å². The minimum absolute atomic E-state index is 0.196. The van der Waals surface area contributed by atoms with Crippen LogP contribution in [0.5, 0.6) is 5.75 Å². The van der Waals surface area contributed by atoms with Gasteiger partial charge >= 0.3 is 0 Å². The van der Waals surface area contributed by atoms with Crippen molar-refractivity contribution in [2.45, 2.75) is 12.8 Å². The van der Waals surface area contributed by atoms with Gasteiger partial charge in [0.05, 0.1) is 18.1 Å². The van der Waals surface area contributed by atoms with Gasteiger partial charge in [0.15, 0.2) is 11.5 Å². The maximum absolute atomic E-state index is 9.57. The van der Waals surface area contributed by atoms with Crippen molar-refractivity contribution in [3.8, 4) is 17.0 Å². The van der Waals surface area contributed by atoms with Crippen LogP contribution in [-0.2, 0) is 7.05 Å². The third-order valence-corrected chi connectivity index (χ3v) is 4.49. The van der Waals surface area contributed by atoms with E-state index in [9.17, 15) is 5.11 Å². The van der Waals surface area contributed by atoms with Gasteiger partial charge in [0.25, 0.3) is 0 Å². The van der Waals surface area contributed by atoms with Crippen molar-refractivity contribution in [1.29, 1.82) is 0 Å². The second-order valence-electron chi connectivity index (χ2n) is 6.65. The lowest BCUT2D eigenvalue weighted by molar-refractivity contribution is 0.475. The third kappa shape index (κ3) is 3.96. The van der Waals surface area contributed by atoms with Crippen LogP contribution < -0.4 is 10.6 Å². The fourth-order valence-corrected chi connectivity index (χ4v) is 3.12. The number of hydrogen-bond donors (Lipinski definition) is 3. The Balaban J connectivity index is 0.000000336. The summed E-state index contributed by atoms with van der Waals surface area (Å²) in [5.41, 5.74) is 3.37. The highest BCUT2D eigenvalue weighted by atomic mass is 16.3. The van der Waals surface area contributed by atoms with Crippen LogP contribution in [0.1, 0.15) is 12.8 Å². The summed E-state index contributed by atoms with van der Waals surface area (Å²) < 4.78 is 3.71. The number of aromatic hydroxyl groups is 1. The first-order valence-electron chi connectivity index (χ1n) is 9.28. The molecule has 1 aliphatic heterocycles. The largest absolute Gasteiger partial charge is 0.508 e. The van der Waals surface area contributed by atoms with E-state index >= 15 is 0 Å². The molecule has 0 spiro atoms. The monoisotopic (exact) mass is 377 g/mol. The smallest absolute Gasteiger partial charge is 0.180 e. The van der Waals surface area contributed by atoms with Crippen molar-refractivity contribution >= 4 is 17.2 Å². The maximum Gasteiger partial charge on any atom is 0.180 e. The molecule has 0 unspecified atom stereocenters. The lowest BCUT2D eigenvalue weighted by Crippen LogP contribution is -2.03. The number of phenols is 1. The molecule has 0 saturated carbocycles. The Hall–Kier alpha value is -3.39. The van der Waals surface area contributed by atoms with Crippen LogP contribution in [0.3, 0.4) is 0 Å². The van der Waals surface area contributed by atoms with Gasteiger partial charge in [0.2, 0.25) is 0 Å². The predicted octanol–water partition coefficient (Wildman–Crippen LogP) is 2.95. The zero-order valence-corrected chi connectivity index (χ0v) is 15.7. The molecule has 0 atom stereocenters. The topological polar surface area (TPSA) is 92.3 Å². The van der Waals surface area contributed by atoms with E-state index in [0.717, 1.165) is 16.9 Å². The zero-order chi connectivity index (χ0) is 19.3. The molecule has 8 nitrogen and oxygen atoms in total. The molecule has 3 aromatic heterocycles. The molecular formula is C20H23N7O. The van der Waals surface area contributed by atoms with Crippen LogP contribution in [0.25, 0.3) is 16.9 Å². The van der Waals surface area contributed by atoms with E-state index < -0.39 is 0 Å². The van der Waals surface area contributed by atoms with E-state index in [-0.39, 0.29) is 5.75 Å². The molecule has 1 saturated heterocycles. The number of hydrogen-bond acceptors (Lipinski definition) is 6. The summed E-state index contributed by atoms with van der Waals surface area (Å²) in [6, 6.07) is 6.88. The van der Waals surface area contributed by atoms with Crippen molar-refractivity contribution in [2.24, 2.45) is 7.05 Å². The van der Waals surface area contributed by atoms with Crippen LogP contribution in [-0.4, -0.2) is 42.3 Å². The molecule has 0 bridgehead atoms. The molecule has 4 heterocycles. The van der Waals surface area contributed by atoms with E-state index in [1.54, 1.807) is 41.5 Å². The molecule has 144 valence electrons. The van der Waals surface area contributed by atoms with Crippen LogP contribution in [0.2, 0.25) is 0 Å². The number of imidazole rings is 1. The minimum Gasteiger partial charge on any atom is -0.508 e. The summed E-state index contributed by atoms with van der Waals surface area (Å²) >= 11 is 0. The standard InChI is InChI=1S/C16H14N6O.C4H9N/c1-21-10-11(8-19-21)14-9-18-16-15(17-5-6-22(14)16)20-12-3-2-4-13(23)7-12;1-2-4-5-3-1/h2-10,23H,1H3,(H,17,20);5H,1-4H2. The summed E-state index contributed by atoms with van der Waals surface area (Å²) in [5.74, 6) is 0.814. The Kier molecular flexibility index (Phi) is 5.20. The first-order valence-corrected chi connectivity index (χ1v) is 9.28. The Morgan fingerprint density at radius 3 is 2.68 bits per heavy atom. The van der Waals surface area contributed by atoms with E-state index in [1.165, 1.54) is 25.9 Å². The normalized spacial score (nSPS) is 13.3. The van der Waals surface area contributed by atoms with Gasteiger partial charge in [-0.15, -0.1) is 0 Å². The first kappa shape index (κ1) is 18.0. The van der Waals surface area contributed by atoms with Crippen molar-refractivity contribution < 1.29 is 5.11 Å². The van der Waals surface area contributed by atoms with Crippen LogP contribution in [0, 0.1) is 0 Å². The Morgan fingerprint density at radius 1 is 1.14 bits per heavy atom. The molecule has 3 N–H and O–H groups in total. The lowest BCUT2D eigenvalue weighted by atomic mass is 10.3. The SMILES string of the molecule is C1CCNC1.Cn1cc(-c2cnc3c(Nc4cccc(O)c4)nccn23)cn1. The zero-order valence-electron chi connectivity index (χ0n) is 15.7. The predicted molar refractivity (Wildman–Crippen MR) is 109 cm³/mol. The summed E-state index contributed by atoms with van der Waals surface area (Å²) in [7, 11) is 1.88. The third-order valence-electron chi connectivity index (χ3n) is 4.49. The molecule has 5 rings (SSSR count). The van der Waals surface area contributed by atoms with Gasteiger partial charge in [-0.3, -0.25) is 9.08 Å². The number of nitrogens with zero attached hydrogens (tertiary/aromatic N) is 5. The van der Waals surface area contributed by atoms with Crippen LogP contribution in [0.15, 0.2) is 55.2 Å². The summed E-state index contributed by atoms with van der Waals surface area (Å²) in [6.45, 7) is 2.50. The van der Waals surface area contributed by atoms with Gasteiger partial charge in [0.1, 0.15) is 5.75 Å². The molecule has 1 fully saturated rings. The van der Waals surface area contributed by atoms with Crippen molar-refractivity contribution in [1.82, 2.24) is 29.5 Å². The average Bonchev–Trinajstić information content (AvgIpc) is 3.44. The quantitative estimate of drug-likeness (QED) is 0.508. The molecular weight excluding hydrogens is 354 g/mol. The van der Waals surface area contributed by atoms with Crippen molar-refractivity contribution in [3.63, 3.8) is 0 Å². The number of nitrogens with one attached hydrogen (secondary N) is 2. The number of rotatable bonds is 3. The molecule has 4 aromatic rings. The van der Waals surface area contributed by atoms with Gasteiger partial charge in [0, 0.05) is 43.0 Å². The molecule has 0 amide bonds. The fraction of sp³-hybridized carbons (Fsp3) is 0.250. The highest BCUT2D eigenvalue weighted by Crippen LogP contribution is 2.25. The number of aryl methyl sites for hydroxylation is 1. The van der Waals surface area contributed by atoms with E-state index in [4.69, 9.17) is 0 Å². The molecule has 28 heavy (non-hydrogen) atoms. The molecule has 0 radical (unpaired) electrons. The highest BCUT2D eigenvalue weighted by molar-refractivity contribution is 5.74. The molecule has 1 aromatic carbocycles. The number of aromatic nitrogens is 5. The highest BCUT2D eigenvalue weighted by Gasteiger charge is 2.11. The van der Waals surface area contributed by atoms with Crippen molar-refractivity contribution in [3.05, 3.63) is 55.2 Å². The lowest BCUT2D eigenvalue weighted by Gasteiger charge is -2.07. The van der Waals surface area contributed by atoms with Gasteiger partial charge < -0.3 is 15.7 Å². The Bertz CT molecular complexity index is 1060. The number of phenolic OH excluding ortho intramolecular Hbond substituents is 1. The van der Waals surface area contributed by atoms with Crippen LogP contribution >= 0.6 is 0 Å². The maximum atomic E-state index is 9.57. The summed E-state index contributed by atoms with van der Waals surface area (Å²) in [4.78, 5) is 8.81. The van der Waals surface area contributed by atoms with Gasteiger partial charge in [-0.05, 0) is 38.1 Å². The van der Waals surface area contributed by atoms with Gasteiger partial charge in [-0.2, -0.15) is 5.10 Å². The van der Waals surface area contributed by atoms with Gasteiger partial charge in [-0.25, -0.2) is 9.97 Å². The van der Waals surface area contributed by atoms with E-state index in [0.29, 0.717) is 11.5 Å². The average molecular weight is 377 g/mol. The fourth-order valence-electron chi connectivity index (χ4n) is 3.12. The molecule has 1 aliphatic rings.